The van der Waals surface area contributed by atoms with Gasteiger partial charge in [0.05, 0.1) is 31.2 Å². The standard InChI is InChI=1S/C28H35NO5S/c30-28(29-35(31,32)21-23-13-7-4-8-14-23)16-10-2-1-9-15-24-25(27-18-17-26(24)34-27)20-33-19-22-11-5-3-6-12-22/h1,3-9,11-14,24-27H,2,10,15-21H2,(H,29,30)/t24-,25+,26-,27+/m1/s1. The van der Waals surface area contributed by atoms with Crippen molar-refractivity contribution in [3.05, 3.63) is 83.9 Å². The summed E-state index contributed by atoms with van der Waals surface area (Å²) in [5, 5.41) is 0. The Kier molecular flexibility index (Phi) is 9.12. The number of hydrogen-bond acceptors (Lipinski definition) is 5. The van der Waals surface area contributed by atoms with E-state index in [0.29, 0.717) is 49.2 Å². The number of carbonyl (C=O) groups is 1. The zero-order valence-electron chi connectivity index (χ0n) is 20.1. The number of rotatable bonds is 13. The average molecular weight is 498 g/mol. The minimum atomic E-state index is -3.67. The fourth-order valence-corrected chi connectivity index (χ4v) is 6.27. The lowest BCUT2D eigenvalue weighted by Crippen LogP contribution is -2.31. The van der Waals surface area contributed by atoms with Crippen LogP contribution in [0.4, 0.5) is 0 Å². The average Bonchev–Trinajstić information content (AvgIpc) is 3.44. The first-order valence-electron chi connectivity index (χ1n) is 12.5. The normalized spacial score (nSPS) is 23.7. The molecular weight excluding hydrogens is 462 g/mol. The molecular formula is C28H35NO5S. The lowest BCUT2D eigenvalue weighted by molar-refractivity contribution is -0.119. The van der Waals surface area contributed by atoms with E-state index in [1.54, 1.807) is 24.3 Å². The van der Waals surface area contributed by atoms with Gasteiger partial charge in [0.25, 0.3) is 0 Å². The third kappa shape index (κ3) is 7.75. The molecule has 2 fully saturated rings. The molecule has 2 aliphatic heterocycles. The molecule has 0 aromatic heterocycles. The van der Waals surface area contributed by atoms with Crippen molar-refractivity contribution in [3.8, 4) is 0 Å². The first-order chi connectivity index (χ1) is 17.0. The zero-order chi connectivity index (χ0) is 24.5. The van der Waals surface area contributed by atoms with Gasteiger partial charge in [-0.25, -0.2) is 8.42 Å². The lowest BCUT2D eigenvalue weighted by atomic mass is 9.78. The van der Waals surface area contributed by atoms with Gasteiger partial charge in [-0.05, 0) is 49.1 Å². The van der Waals surface area contributed by atoms with Crippen molar-refractivity contribution in [2.45, 2.75) is 63.1 Å². The second-order valence-electron chi connectivity index (χ2n) is 9.49. The van der Waals surface area contributed by atoms with Crippen LogP contribution < -0.4 is 4.72 Å². The Bertz CT molecular complexity index is 1070. The van der Waals surface area contributed by atoms with Gasteiger partial charge >= 0.3 is 0 Å². The van der Waals surface area contributed by atoms with Crippen molar-refractivity contribution >= 4 is 15.9 Å². The quantitative estimate of drug-likeness (QED) is 0.319. The van der Waals surface area contributed by atoms with Gasteiger partial charge < -0.3 is 9.47 Å². The van der Waals surface area contributed by atoms with Gasteiger partial charge in [-0.2, -0.15) is 0 Å². The minimum absolute atomic E-state index is 0.186. The first-order valence-corrected chi connectivity index (χ1v) is 14.1. The molecule has 2 saturated heterocycles. The lowest BCUT2D eigenvalue weighted by Gasteiger charge is -2.27. The fraction of sp³-hybridized carbons (Fsp3) is 0.464. The molecule has 2 aromatic rings. The molecule has 0 unspecified atom stereocenters. The maximum Gasteiger partial charge on any atom is 0.239 e. The first kappa shape index (κ1) is 25.6. The number of ether oxygens (including phenoxy) is 2. The molecule has 0 spiro atoms. The summed E-state index contributed by atoms with van der Waals surface area (Å²) in [5.41, 5.74) is 1.84. The number of sulfonamides is 1. The molecule has 2 aromatic carbocycles. The molecule has 4 atom stereocenters. The molecule has 1 amide bonds. The van der Waals surface area contributed by atoms with E-state index in [4.69, 9.17) is 9.47 Å². The summed E-state index contributed by atoms with van der Waals surface area (Å²) in [7, 11) is -3.67. The minimum Gasteiger partial charge on any atom is -0.376 e. The Labute approximate surface area is 208 Å². The highest BCUT2D eigenvalue weighted by Crippen LogP contribution is 2.45. The van der Waals surface area contributed by atoms with Crippen molar-refractivity contribution in [1.29, 1.82) is 0 Å². The molecule has 2 aliphatic rings. The van der Waals surface area contributed by atoms with Gasteiger partial charge in [-0.3, -0.25) is 9.52 Å². The van der Waals surface area contributed by atoms with E-state index in [1.807, 2.05) is 24.3 Å². The van der Waals surface area contributed by atoms with E-state index in [9.17, 15) is 13.2 Å². The van der Waals surface area contributed by atoms with Gasteiger partial charge in [-0.15, -0.1) is 0 Å². The van der Waals surface area contributed by atoms with Crippen LogP contribution in [-0.4, -0.2) is 33.1 Å². The predicted octanol–water partition coefficient (Wildman–Crippen LogP) is 4.76. The van der Waals surface area contributed by atoms with Crippen LogP contribution in [0.5, 0.6) is 0 Å². The van der Waals surface area contributed by atoms with Gasteiger partial charge in [0.15, 0.2) is 0 Å². The zero-order valence-corrected chi connectivity index (χ0v) is 20.9. The molecule has 2 bridgehead atoms. The Morgan fingerprint density at radius 3 is 2.31 bits per heavy atom. The molecule has 35 heavy (non-hydrogen) atoms. The highest BCUT2D eigenvalue weighted by molar-refractivity contribution is 7.89. The summed E-state index contributed by atoms with van der Waals surface area (Å²) < 4.78 is 38.7. The molecule has 0 saturated carbocycles. The maximum absolute atomic E-state index is 12.2. The van der Waals surface area contributed by atoms with Crippen LogP contribution in [-0.2, 0) is 36.7 Å². The Balaban J connectivity index is 1.14. The van der Waals surface area contributed by atoms with E-state index in [2.05, 4.69) is 29.0 Å². The van der Waals surface area contributed by atoms with Crippen LogP contribution >= 0.6 is 0 Å². The summed E-state index contributed by atoms with van der Waals surface area (Å²) in [6, 6.07) is 19.1. The number of hydrogen-bond donors (Lipinski definition) is 1. The smallest absolute Gasteiger partial charge is 0.239 e. The molecule has 0 aliphatic carbocycles. The topological polar surface area (TPSA) is 81.7 Å². The Hall–Kier alpha value is -2.48. The molecule has 7 heteroatoms. The monoisotopic (exact) mass is 497 g/mol. The summed E-state index contributed by atoms with van der Waals surface area (Å²) in [6.07, 6.45) is 9.61. The molecule has 4 rings (SSSR count). The van der Waals surface area contributed by atoms with Crippen LogP contribution in [0.3, 0.4) is 0 Å². The number of allylic oxidation sites excluding steroid dienone is 2. The summed E-state index contributed by atoms with van der Waals surface area (Å²) in [4.78, 5) is 12.1. The number of amides is 1. The number of fused-ring (bicyclic) bond motifs is 2. The van der Waals surface area contributed by atoms with Crippen molar-refractivity contribution in [1.82, 2.24) is 4.72 Å². The van der Waals surface area contributed by atoms with Crippen LogP contribution in [0, 0.1) is 11.8 Å². The Morgan fingerprint density at radius 2 is 1.60 bits per heavy atom. The van der Waals surface area contributed by atoms with E-state index in [-0.39, 0.29) is 12.2 Å². The number of nitrogens with one attached hydrogen (secondary N) is 1. The van der Waals surface area contributed by atoms with Gasteiger partial charge in [-0.1, -0.05) is 72.8 Å². The SMILES string of the molecule is O=C(CCCC=CC[C@@H]1[C@H](COCc2ccccc2)[C@@H]2CC[C@H]1O2)NS(=O)(=O)Cc1ccccc1. The largest absolute Gasteiger partial charge is 0.376 e. The summed E-state index contributed by atoms with van der Waals surface area (Å²) in [5.74, 6) is 0.239. The number of benzene rings is 2. The summed E-state index contributed by atoms with van der Waals surface area (Å²) >= 11 is 0. The second-order valence-corrected chi connectivity index (χ2v) is 11.2. The van der Waals surface area contributed by atoms with Crippen LogP contribution in [0.1, 0.15) is 49.7 Å². The fourth-order valence-electron chi connectivity index (χ4n) is 5.12. The molecule has 6 nitrogen and oxygen atoms in total. The van der Waals surface area contributed by atoms with E-state index in [0.717, 1.165) is 25.7 Å². The van der Waals surface area contributed by atoms with Crippen molar-refractivity contribution in [2.75, 3.05) is 6.61 Å². The molecule has 188 valence electrons. The van der Waals surface area contributed by atoms with Gasteiger partial charge in [0, 0.05) is 12.3 Å². The van der Waals surface area contributed by atoms with Gasteiger partial charge in [0.1, 0.15) is 0 Å². The van der Waals surface area contributed by atoms with E-state index >= 15 is 0 Å². The summed E-state index contributed by atoms with van der Waals surface area (Å²) in [6.45, 7) is 1.34. The highest BCUT2D eigenvalue weighted by Gasteiger charge is 2.48. The van der Waals surface area contributed by atoms with Crippen LogP contribution in [0.2, 0.25) is 0 Å². The second kappa shape index (κ2) is 12.5. The molecule has 1 N–H and O–H groups in total. The van der Waals surface area contributed by atoms with Crippen molar-refractivity contribution in [2.24, 2.45) is 11.8 Å². The Morgan fingerprint density at radius 1 is 0.943 bits per heavy atom. The van der Waals surface area contributed by atoms with Crippen molar-refractivity contribution < 1.29 is 22.7 Å². The third-order valence-corrected chi connectivity index (χ3v) is 8.08. The number of carbonyl (C=O) groups excluding carboxylic acids is 1. The highest BCUT2D eigenvalue weighted by atomic mass is 32.2. The predicted molar refractivity (Wildman–Crippen MR) is 136 cm³/mol. The molecule has 0 radical (unpaired) electrons. The van der Waals surface area contributed by atoms with Crippen LogP contribution in [0.25, 0.3) is 0 Å². The van der Waals surface area contributed by atoms with Crippen LogP contribution in [0.15, 0.2) is 72.8 Å². The van der Waals surface area contributed by atoms with Crippen molar-refractivity contribution in [3.63, 3.8) is 0 Å². The van der Waals surface area contributed by atoms with E-state index in [1.165, 1.54) is 5.56 Å². The third-order valence-electron chi connectivity index (χ3n) is 6.83. The maximum atomic E-state index is 12.2. The molecule has 2 heterocycles. The van der Waals surface area contributed by atoms with Gasteiger partial charge in [0.2, 0.25) is 15.9 Å². The number of unbranched alkanes of at least 4 members (excludes halogenated alkanes) is 1. The van der Waals surface area contributed by atoms with E-state index < -0.39 is 15.9 Å².